The molecule has 1 amide bonds. The van der Waals surface area contributed by atoms with Gasteiger partial charge in [-0.25, -0.2) is 4.98 Å². The normalized spacial score (nSPS) is 14.6. The highest BCUT2D eigenvalue weighted by molar-refractivity contribution is 5.79. The molecule has 1 aliphatic rings. The first-order valence-electron chi connectivity index (χ1n) is 8.58. The first-order valence-corrected chi connectivity index (χ1v) is 8.58. The molecule has 0 atom stereocenters. The number of carbonyl (C=O) groups excluding carboxylic acids is 1. The Bertz CT molecular complexity index is 733. The van der Waals surface area contributed by atoms with Crippen LogP contribution in [0.3, 0.4) is 0 Å². The zero-order valence-corrected chi connectivity index (χ0v) is 15.1. The van der Waals surface area contributed by atoms with Crippen molar-refractivity contribution in [3.05, 3.63) is 40.8 Å². The number of rotatable bonds is 5. The van der Waals surface area contributed by atoms with Crippen LogP contribution in [0.5, 0.6) is 0 Å². The summed E-state index contributed by atoms with van der Waals surface area (Å²) in [6.45, 7) is 7.62. The van der Waals surface area contributed by atoms with Crippen molar-refractivity contribution in [1.82, 2.24) is 20.1 Å². The lowest BCUT2D eigenvalue weighted by Gasteiger charge is -2.27. The van der Waals surface area contributed by atoms with Crippen molar-refractivity contribution in [2.24, 2.45) is 7.05 Å². The molecular weight excluding hydrogens is 318 g/mol. The fourth-order valence-electron chi connectivity index (χ4n) is 3.00. The van der Waals surface area contributed by atoms with Gasteiger partial charge in [0.15, 0.2) is 0 Å². The Balaban J connectivity index is 1.53. The van der Waals surface area contributed by atoms with E-state index in [0.717, 1.165) is 54.6 Å². The number of hydrogen-bond acceptors (Lipinski definition) is 5. The summed E-state index contributed by atoms with van der Waals surface area (Å²) in [4.78, 5) is 18.9. The molecule has 0 aliphatic carbocycles. The second-order valence-electron chi connectivity index (χ2n) is 6.35. The lowest BCUT2D eigenvalue weighted by molar-refractivity contribution is -0.120. The van der Waals surface area contributed by atoms with Crippen LogP contribution in [0.4, 0.5) is 5.82 Å². The molecule has 0 saturated carbocycles. The molecule has 134 valence electrons. The van der Waals surface area contributed by atoms with Crippen molar-refractivity contribution in [1.29, 1.82) is 0 Å². The van der Waals surface area contributed by atoms with E-state index >= 15 is 0 Å². The SMILES string of the molecule is Cc1nn(C)c(C)c1CC(=O)NCc1ccc(N2CCOCC2)nc1. The minimum Gasteiger partial charge on any atom is -0.378 e. The van der Waals surface area contributed by atoms with Gasteiger partial charge < -0.3 is 15.0 Å². The molecule has 0 spiro atoms. The van der Waals surface area contributed by atoms with E-state index in [1.165, 1.54) is 0 Å². The van der Waals surface area contributed by atoms with Crippen LogP contribution in [0.15, 0.2) is 18.3 Å². The minimum atomic E-state index is -0.00328. The van der Waals surface area contributed by atoms with E-state index in [-0.39, 0.29) is 5.91 Å². The summed E-state index contributed by atoms with van der Waals surface area (Å²) in [7, 11) is 1.89. The highest BCUT2D eigenvalue weighted by atomic mass is 16.5. The third-order valence-corrected chi connectivity index (χ3v) is 4.63. The Morgan fingerprint density at radius 1 is 1.28 bits per heavy atom. The topological polar surface area (TPSA) is 72.3 Å². The first kappa shape index (κ1) is 17.4. The van der Waals surface area contributed by atoms with Crippen molar-refractivity contribution in [2.75, 3.05) is 31.2 Å². The van der Waals surface area contributed by atoms with Crippen molar-refractivity contribution in [3.8, 4) is 0 Å². The first-order chi connectivity index (χ1) is 12.0. The van der Waals surface area contributed by atoms with Crippen molar-refractivity contribution >= 4 is 11.7 Å². The number of carbonyl (C=O) groups is 1. The maximum atomic E-state index is 12.2. The lowest BCUT2D eigenvalue weighted by atomic mass is 10.1. The number of hydrogen-bond donors (Lipinski definition) is 1. The molecule has 1 saturated heterocycles. The van der Waals surface area contributed by atoms with Gasteiger partial charge in [-0.05, 0) is 25.5 Å². The summed E-state index contributed by atoms with van der Waals surface area (Å²) < 4.78 is 7.17. The Labute approximate surface area is 148 Å². The van der Waals surface area contributed by atoms with E-state index in [0.29, 0.717) is 13.0 Å². The minimum absolute atomic E-state index is 0.00328. The lowest BCUT2D eigenvalue weighted by Crippen LogP contribution is -2.36. The average Bonchev–Trinajstić information content (AvgIpc) is 2.87. The number of anilines is 1. The van der Waals surface area contributed by atoms with Crippen molar-refractivity contribution < 1.29 is 9.53 Å². The van der Waals surface area contributed by atoms with E-state index in [1.807, 2.05) is 43.9 Å². The third kappa shape index (κ3) is 4.17. The van der Waals surface area contributed by atoms with Crippen LogP contribution in [0.1, 0.15) is 22.5 Å². The van der Waals surface area contributed by atoms with E-state index in [1.54, 1.807) is 0 Å². The number of aryl methyl sites for hydroxylation is 2. The van der Waals surface area contributed by atoms with Crippen LogP contribution >= 0.6 is 0 Å². The number of ether oxygens (including phenoxy) is 1. The van der Waals surface area contributed by atoms with E-state index in [9.17, 15) is 4.79 Å². The second kappa shape index (κ2) is 7.65. The molecular formula is C18H25N5O2. The smallest absolute Gasteiger partial charge is 0.224 e. The fraction of sp³-hybridized carbons (Fsp3) is 0.500. The molecule has 3 heterocycles. The molecule has 2 aromatic rings. The predicted molar refractivity (Wildman–Crippen MR) is 95.5 cm³/mol. The van der Waals surface area contributed by atoms with E-state index < -0.39 is 0 Å². The number of pyridine rings is 1. The van der Waals surface area contributed by atoms with Gasteiger partial charge in [0.05, 0.1) is 25.3 Å². The molecule has 1 fully saturated rings. The highest BCUT2D eigenvalue weighted by Crippen LogP contribution is 2.14. The predicted octanol–water partition coefficient (Wildman–Crippen LogP) is 1.13. The summed E-state index contributed by atoms with van der Waals surface area (Å²) in [5.74, 6) is 0.955. The summed E-state index contributed by atoms with van der Waals surface area (Å²) in [5.41, 5.74) is 3.93. The van der Waals surface area contributed by atoms with Gasteiger partial charge in [0.25, 0.3) is 0 Å². The van der Waals surface area contributed by atoms with Gasteiger partial charge >= 0.3 is 0 Å². The number of aromatic nitrogens is 3. The molecule has 25 heavy (non-hydrogen) atoms. The zero-order chi connectivity index (χ0) is 17.8. The Morgan fingerprint density at radius 2 is 2.04 bits per heavy atom. The van der Waals surface area contributed by atoms with Gasteiger partial charge in [0.1, 0.15) is 5.82 Å². The molecule has 7 heteroatoms. The highest BCUT2D eigenvalue weighted by Gasteiger charge is 2.14. The quantitative estimate of drug-likeness (QED) is 0.881. The van der Waals surface area contributed by atoms with Gasteiger partial charge in [-0.3, -0.25) is 9.48 Å². The van der Waals surface area contributed by atoms with Crippen molar-refractivity contribution in [3.63, 3.8) is 0 Å². The van der Waals surface area contributed by atoms with E-state index in [2.05, 4.69) is 20.3 Å². The van der Waals surface area contributed by atoms with Crippen molar-refractivity contribution in [2.45, 2.75) is 26.8 Å². The van der Waals surface area contributed by atoms with Crippen LogP contribution in [0.25, 0.3) is 0 Å². The largest absolute Gasteiger partial charge is 0.378 e. The summed E-state index contributed by atoms with van der Waals surface area (Å²) in [5, 5.41) is 7.31. The van der Waals surface area contributed by atoms with Crippen LogP contribution < -0.4 is 10.2 Å². The molecule has 1 N–H and O–H groups in total. The van der Waals surface area contributed by atoms with Crippen LogP contribution in [0.2, 0.25) is 0 Å². The average molecular weight is 343 g/mol. The third-order valence-electron chi connectivity index (χ3n) is 4.63. The maximum Gasteiger partial charge on any atom is 0.224 e. The molecule has 2 aromatic heterocycles. The van der Waals surface area contributed by atoms with Crippen LogP contribution in [0, 0.1) is 13.8 Å². The summed E-state index contributed by atoms with van der Waals surface area (Å²) in [6.07, 6.45) is 2.18. The Hall–Kier alpha value is -2.41. The molecule has 0 bridgehead atoms. The van der Waals surface area contributed by atoms with Gasteiger partial charge in [0.2, 0.25) is 5.91 Å². The molecule has 0 unspecified atom stereocenters. The molecule has 1 aliphatic heterocycles. The standard InChI is InChI=1S/C18H25N5O2/c1-13-16(14(2)22(3)21-13)10-18(24)20-12-15-4-5-17(19-11-15)23-6-8-25-9-7-23/h4-5,11H,6-10,12H2,1-3H3,(H,20,24). The van der Waals surface area contributed by atoms with Gasteiger partial charge in [-0.2, -0.15) is 5.10 Å². The van der Waals surface area contributed by atoms with Crippen LogP contribution in [-0.4, -0.2) is 47.0 Å². The molecule has 7 nitrogen and oxygen atoms in total. The van der Waals surface area contributed by atoms with Gasteiger partial charge in [-0.1, -0.05) is 6.07 Å². The Kier molecular flexibility index (Phi) is 5.33. The fourth-order valence-corrected chi connectivity index (χ4v) is 3.00. The molecule has 0 radical (unpaired) electrons. The Morgan fingerprint density at radius 3 is 2.64 bits per heavy atom. The van der Waals surface area contributed by atoms with Gasteiger partial charge in [-0.15, -0.1) is 0 Å². The number of amides is 1. The zero-order valence-electron chi connectivity index (χ0n) is 15.1. The summed E-state index contributed by atoms with van der Waals surface area (Å²) in [6, 6.07) is 4.01. The van der Waals surface area contributed by atoms with Crippen LogP contribution in [-0.2, 0) is 29.5 Å². The number of morpholine rings is 1. The second-order valence-corrected chi connectivity index (χ2v) is 6.35. The maximum absolute atomic E-state index is 12.2. The van der Waals surface area contributed by atoms with Gasteiger partial charge in [0, 0.05) is 44.1 Å². The van der Waals surface area contributed by atoms with E-state index in [4.69, 9.17) is 4.74 Å². The summed E-state index contributed by atoms with van der Waals surface area (Å²) >= 11 is 0. The molecule has 3 rings (SSSR count). The monoisotopic (exact) mass is 343 g/mol. The molecule has 0 aromatic carbocycles. The number of nitrogens with one attached hydrogen (secondary N) is 1. The number of nitrogens with zero attached hydrogens (tertiary/aromatic N) is 4.